The van der Waals surface area contributed by atoms with E-state index >= 15 is 0 Å². The van der Waals surface area contributed by atoms with Crippen LogP contribution >= 0.6 is 0 Å². The SMILES string of the molecule is C=CCNC(=O)c1ccc(Nc2c(C)cccc2CC)cn1. The number of aromatic nitrogens is 1. The molecule has 0 aliphatic carbocycles. The van der Waals surface area contributed by atoms with Crippen molar-refractivity contribution in [3.63, 3.8) is 0 Å². The highest BCUT2D eigenvalue weighted by Crippen LogP contribution is 2.25. The van der Waals surface area contributed by atoms with E-state index in [1.54, 1.807) is 18.3 Å². The average Bonchev–Trinajstić information content (AvgIpc) is 2.55. The molecule has 2 aromatic rings. The van der Waals surface area contributed by atoms with Gasteiger partial charge in [-0.1, -0.05) is 31.2 Å². The Morgan fingerprint density at radius 1 is 1.32 bits per heavy atom. The molecule has 2 N–H and O–H groups in total. The minimum absolute atomic E-state index is 0.198. The van der Waals surface area contributed by atoms with Gasteiger partial charge in [0.25, 0.3) is 5.91 Å². The highest BCUT2D eigenvalue weighted by molar-refractivity contribution is 5.92. The molecule has 0 saturated carbocycles. The van der Waals surface area contributed by atoms with Crippen molar-refractivity contribution in [2.75, 3.05) is 11.9 Å². The van der Waals surface area contributed by atoms with Crippen LogP contribution in [0.1, 0.15) is 28.5 Å². The molecule has 0 atom stereocenters. The van der Waals surface area contributed by atoms with E-state index in [2.05, 4.69) is 54.2 Å². The van der Waals surface area contributed by atoms with Crippen molar-refractivity contribution in [1.29, 1.82) is 0 Å². The van der Waals surface area contributed by atoms with Crippen LogP contribution in [0.5, 0.6) is 0 Å². The molecule has 0 saturated heterocycles. The number of carbonyl (C=O) groups is 1. The molecule has 1 heterocycles. The zero-order valence-electron chi connectivity index (χ0n) is 13.0. The zero-order valence-corrected chi connectivity index (χ0v) is 13.0. The largest absolute Gasteiger partial charge is 0.354 e. The van der Waals surface area contributed by atoms with Gasteiger partial charge in [0.05, 0.1) is 11.9 Å². The first-order valence-corrected chi connectivity index (χ1v) is 7.36. The van der Waals surface area contributed by atoms with Crippen LogP contribution in [0.25, 0.3) is 0 Å². The van der Waals surface area contributed by atoms with E-state index in [1.807, 2.05) is 6.07 Å². The maximum atomic E-state index is 11.8. The molecule has 0 aliphatic heterocycles. The molecule has 1 aromatic carbocycles. The molecule has 1 aromatic heterocycles. The fraction of sp³-hybridized carbons (Fsp3) is 0.222. The molecule has 2 rings (SSSR count). The van der Waals surface area contributed by atoms with E-state index in [9.17, 15) is 4.79 Å². The molecule has 4 heteroatoms. The lowest BCUT2D eigenvalue weighted by Crippen LogP contribution is -2.24. The van der Waals surface area contributed by atoms with Crippen LogP contribution in [0, 0.1) is 6.92 Å². The number of rotatable bonds is 6. The highest BCUT2D eigenvalue weighted by Gasteiger charge is 2.07. The van der Waals surface area contributed by atoms with Gasteiger partial charge in [-0.3, -0.25) is 4.79 Å². The Bertz CT molecular complexity index is 663. The predicted octanol–water partition coefficient (Wildman–Crippen LogP) is 3.61. The van der Waals surface area contributed by atoms with Crippen LogP contribution in [0.4, 0.5) is 11.4 Å². The van der Waals surface area contributed by atoms with Gasteiger partial charge >= 0.3 is 0 Å². The summed E-state index contributed by atoms with van der Waals surface area (Å²) in [6, 6.07) is 9.82. The van der Waals surface area contributed by atoms with Crippen LogP contribution in [-0.4, -0.2) is 17.4 Å². The van der Waals surface area contributed by atoms with Gasteiger partial charge in [0, 0.05) is 12.2 Å². The maximum Gasteiger partial charge on any atom is 0.270 e. The van der Waals surface area contributed by atoms with Gasteiger partial charge in [0.1, 0.15) is 5.69 Å². The summed E-state index contributed by atoms with van der Waals surface area (Å²) >= 11 is 0. The van der Waals surface area contributed by atoms with Crippen molar-refractivity contribution in [2.24, 2.45) is 0 Å². The standard InChI is InChI=1S/C18H21N3O/c1-4-11-19-18(22)16-10-9-15(12-20-16)21-17-13(3)7-6-8-14(17)5-2/h4,6-10,12,21H,1,5,11H2,2-3H3,(H,19,22). The molecule has 0 unspecified atom stereocenters. The fourth-order valence-electron chi connectivity index (χ4n) is 2.20. The minimum atomic E-state index is -0.198. The topological polar surface area (TPSA) is 54.0 Å². The third kappa shape index (κ3) is 3.73. The van der Waals surface area contributed by atoms with Gasteiger partial charge in [0.2, 0.25) is 0 Å². The van der Waals surface area contributed by atoms with Crippen LogP contribution < -0.4 is 10.6 Å². The van der Waals surface area contributed by atoms with E-state index in [1.165, 1.54) is 11.1 Å². The Labute approximate surface area is 131 Å². The number of aryl methyl sites for hydroxylation is 2. The van der Waals surface area contributed by atoms with E-state index in [0.29, 0.717) is 12.2 Å². The van der Waals surface area contributed by atoms with Crippen LogP contribution in [0.2, 0.25) is 0 Å². The lowest BCUT2D eigenvalue weighted by atomic mass is 10.1. The molecule has 22 heavy (non-hydrogen) atoms. The molecule has 0 fully saturated rings. The van der Waals surface area contributed by atoms with E-state index in [4.69, 9.17) is 0 Å². The maximum absolute atomic E-state index is 11.8. The van der Waals surface area contributed by atoms with Crippen molar-refractivity contribution < 1.29 is 4.79 Å². The molecule has 1 amide bonds. The number of hydrogen-bond donors (Lipinski definition) is 2. The summed E-state index contributed by atoms with van der Waals surface area (Å²) in [4.78, 5) is 16.0. The number of amides is 1. The number of pyridine rings is 1. The summed E-state index contributed by atoms with van der Waals surface area (Å²) in [6.45, 7) is 8.21. The van der Waals surface area contributed by atoms with Gasteiger partial charge in [-0.05, 0) is 36.6 Å². The molecular formula is C18H21N3O. The first-order chi connectivity index (χ1) is 10.7. The lowest BCUT2D eigenvalue weighted by Gasteiger charge is -2.14. The number of nitrogens with zero attached hydrogens (tertiary/aromatic N) is 1. The van der Waals surface area contributed by atoms with Crippen LogP contribution in [0.3, 0.4) is 0 Å². The molecule has 4 nitrogen and oxygen atoms in total. The minimum Gasteiger partial charge on any atom is -0.354 e. The summed E-state index contributed by atoms with van der Waals surface area (Å²) in [5, 5.41) is 6.10. The second-order valence-electron chi connectivity index (χ2n) is 5.02. The quantitative estimate of drug-likeness (QED) is 0.800. The van der Waals surface area contributed by atoms with Gasteiger partial charge in [-0.2, -0.15) is 0 Å². The number of anilines is 2. The normalized spacial score (nSPS) is 10.1. The Balaban J connectivity index is 2.15. The number of nitrogens with one attached hydrogen (secondary N) is 2. The number of para-hydroxylation sites is 1. The third-order valence-corrected chi connectivity index (χ3v) is 3.41. The van der Waals surface area contributed by atoms with Crippen LogP contribution in [0.15, 0.2) is 49.2 Å². The average molecular weight is 295 g/mol. The van der Waals surface area contributed by atoms with Gasteiger partial charge in [0.15, 0.2) is 0 Å². The van der Waals surface area contributed by atoms with Crippen molar-refractivity contribution in [2.45, 2.75) is 20.3 Å². The molecule has 114 valence electrons. The first kappa shape index (κ1) is 15.8. The molecule has 0 spiro atoms. The number of benzene rings is 1. The Hall–Kier alpha value is -2.62. The van der Waals surface area contributed by atoms with Crippen LogP contribution in [-0.2, 0) is 6.42 Å². The molecule has 0 radical (unpaired) electrons. The smallest absolute Gasteiger partial charge is 0.270 e. The predicted molar refractivity (Wildman–Crippen MR) is 90.6 cm³/mol. The van der Waals surface area contributed by atoms with Crippen molar-refractivity contribution >= 4 is 17.3 Å². The Kier molecular flexibility index (Phi) is 5.31. The van der Waals surface area contributed by atoms with Crippen molar-refractivity contribution in [3.05, 3.63) is 66.0 Å². The lowest BCUT2D eigenvalue weighted by molar-refractivity contribution is 0.0953. The van der Waals surface area contributed by atoms with Gasteiger partial charge < -0.3 is 10.6 Å². The number of carbonyl (C=O) groups excluding carboxylic acids is 1. The third-order valence-electron chi connectivity index (χ3n) is 3.41. The van der Waals surface area contributed by atoms with E-state index < -0.39 is 0 Å². The summed E-state index contributed by atoms with van der Waals surface area (Å²) in [7, 11) is 0. The zero-order chi connectivity index (χ0) is 15.9. The Morgan fingerprint density at radius 3 is 2.77 bits per heavy atom. The Morgan fingerprint density at radius 2 is 2.14 bits per heavy atom. The second kappa shape index (κ2) is 7.41. The summed E-state index contributed by atoms with van der Waals surface area (Å²) in [5.41, 5.74) is 4.81. The highest BCUT2D eigenvalue weighted by atomic mass is 16.1. The number of hydrogen-bond acceptors (Lipinski definition) is 3. The van der Waals surface area contributed by atoms with Gasteiger partial charge in [-0.25, -0.2) is 4.98 Å². The first-order valence-electron chi connectivity index (χ1n) is 7.36. The van der Waals surface area contributed by atoms with E-state index in [-0.39, 0.29) is 5.91 Å². The second-order valence-corrected chi connectivity index (χ2v) is 5.02. The van der Waals surface area contributed by atoms with Crippen molar-refractivity contribution in [1.82, 2.24) is 10.3 Å². The monoisotopic (exact) mass is 295 g/mol. The summed E-state index contributed by atoms with van der Waals surface area (Å²) in [5.74, 6) is -0.198. The van der Waals surface area contributed by atoms with Gasteiger partial charge in [-0.15, -0.1) is 6.58 Å². The van der Waals surface area contributed by atoms with Crippen molar-refractivity contribution in [3.8, 4) is 0 Å². The molecular weight excluding hydrogens is 274 g/mol. The summed E-state index contributed by atoms with van der Waals surface area (Å²) in [6.07, 6.45) is 4.27. The molecule has 0 aliphatic rings. The van der Waals surface area contributed by atoms with E-state index in [0.717, 1.165) is 17.8 Å². The fourth-order valence-corrected chi connectivity index (χ4v) is 2.20. The molecule has 0 bridgehead atoms. The summed E-state index contributed by atoms with van der Waals surface area (Å²) < 4.78 is 0.